The number of alkyl halides is 6. The minimum Gasteiger partial charge on any atom is -0.497 e. The first-order valence-electron chi connectivity index (χ1n) is 34.9. The summed E-state index contributed by atoms with van der Waals surface area (Å²) in [5, 5.41) is 86.6. The van der Waals surface area contributed by atoms with Crippen LogP contribution in [0.3, 0.4) is 0 Å². The van der Waals surface area contributed by atoms with Crippen molar-refractivity contribution in [2.75, 3.05) is 60.8 Å². The van der Waals surface area contributed by atoms with Gasteiger partial charge in [0.1, 0.15) is 28.8 Å². The maximum atomic E-state index is 14.3. The molecular formula is C73H106F6N14O12Si2. The maximum absolute atomic E-state index is 14.3. The minimum absolute atomic E-state index is 0.0220. The molecule has 2 N–H and O–H groups in total. The van der Waals surface area contributed by atoms with Crippen LogP contribution in [0.4, 0.5) is 26.3 Å². The van der Waals surface area contributed by atoms with Gasteiger partial charge in [-0.1, -0.05) is 24.3 Å². The average molecular weight is 1540 g/mol. The van der Waals surface area contributed by atoms with Crippen LogP contribution in [0.25, 0.3) is 0 Å². The molecule has 590 valence electrons. The number of methoxy groups -OCH3 is 2. The van der Waals surface area contributed by atoms with E-state index in [0.717, 1.165) is 75.2 Å². The second kappa shape index (κ2) is 46.5. The second-order valence-corrected chi connectivity index (χ2v) is 36.9. The summed E-state index contributed by atoms with van der Waals surface area (Å²) in [7, 11) is 1.29. The first-order chi connectivity index (χ1) is 49.7. The first-order valence-corrected chi connectivity index (χ1v) is 41.1. The quantitative estimate of drug-likeness (QED) is 0.0155. The van der Waals surface area contributed by atoms with Gasteiger partial charge in [-0.25, -0.2) is 0 Å². The van der Waals surface area contributed by atoms with E-state index >= 15 is 0 Å². The van der Waals surface area contributed by atoms with E-state index in [9.17, 15) is 86.7 Å². The van der Waals surface area contributed by atoms with Crippen LogP contribution in [0.2, 0.25) is 38.3 Å². The molecule has 0 aliphatic carbocycles. The van der Waals surface area contributed by atoms with Crippen molar-refractivity contribution >= 4 is 51.8 Å². The Bertz CT molecular complexity index is 3410. The van der Waals surface area contributed by atoms with E-state index in [4.69, 9.17) is 27.8 Å². The molecule has 0 saturated heterocycles. The number of ketones is 3. The fourth-order valence-corrected chi connectivity index (χ4v) is 13.1. The summed E-state index contributed by atoms with van der Waals surface area (Å²) in [6.07, 6.45) is -7.35. The van der Waals surface area contributed by atoms with Gasteiger partial charge in [-0.2, -0.15) is 88.6 Å². The minimum atomic E-state index is -5.80. The van der Waals surface area contributed by atoms with Crippen molar-refractivity contribution in [1.82, 2.24) is 10.6 Å². The SMILES string of the molecule is CNCCCO[Si](C)(C)CCCNC(=O)CCC(C)(C#N)N=NC(C)(C#N)CCC(C)=O.COCCCO[Si](C)(C)CCCOC(=O)CCC(C)(C#N)N=NC(C)(C#N)CCC(C)=O.COc1ccc(C(c2ccc(OC(=O)CCC(C)(C#N)N=NC(C)(C#N)CCC(C)=O)cc2)(C(F)(F)F)C(F)(F)F)cc1. The van der Waals surface area contributed by atoms with E-state index in [1.807, 2.05) is 37.4 Å². The molecule has 0 bridgehead atoms. The van der Waals surface area contributed by atoms with Crippen LogP contribution in [0, 0.1) is 68.0 Å². The van der Waals surface area contributed by atoms with Crippen molar-refractivity contribution in [2.24, 2.45) is 30.7 Å². The lowest BCUT2D eigenvalue weighted by Crippen LogP contribution is -2.54. The molecular weight excluding hydrogens is 1440 g/mol. The molecule has 0 saturated carbocycles. The van der Waals surface area contributed by atoms with Crippen LogP contribution < -0.4 is 20.1 Å². The standard InChI is InChI=1S/C29H28F6N4O4.C22H40N6O3Si.C22H38N4O5Si/c1-19(40)13-15-25(2,17-36)38-39-26(3,18-37)16-14-24(41)43-23-11-7-21(8-12-23)27(28(30,31)32,29(33,34)35)20-5-9-22(42-4)10-6-20;1-19(29)9-11-21(2,17-23)27-28-22(3,18-24)12-10-20(30)26-14-8-16-32(5,6)31-15-7-13-25-4;1-19(27)9-11-21(2,17-23)25-26-22(3,18-24)12-10-20(28)30-14-8-16-32(5,6)31-15-7-13-29-4/h5-12H,13-16H2,1-4H3;25H,7-16H2,1-6H3,(H,26,30);7-16H2,1-6H3. The number of esters is 2. The van der Waals surface area contributed by atoms with Crippen molar-refractivity contribution in [2.45, 2.75) is 254 Å². The molecule has 2 aromatic carbocycles. The third kappa shape index (κ3) is 38.1. The van der Waals surface area contributed by atoms with E-state index < -0.39 is 97.1 Å². The molecule has 0 aliphatic rings. The second-order valence-electron chi connectivity index (χ2n) is 28.3. The van der Waals surface area contributed by atoms with Crippen LogP contribution in [0.5, 0.6) is 11.5 Å². The Hall–Kier alpha value is -8.75. The summed E-state index contributed by atoms with van der Waals surface area (Å²) in [5.41, 5.74) is -14.4. The molecule has 26 nitrogen and oxygen atoms in total. The Kier molecular flexibility index (Phi) is 42.7. The van der Waals surface area contributed by atoms with Gasteiger partial charge in [-0.15, -0.1) is 0 Å². The molecule has 107 heavy (non-hydrogen) atoms. The van der Waals surface area contributed by atoms with E-state index in [-0.39, 0.29) is 105 Å². The molecule has 2 aromatic rings. The van der Waals surface area contributed by atoms with Gasteiger partial charge in [-0.3, -0.25) is 14.4 Å². The van der Waals surface area contributed by atoms with Crippen LogP contribution in [-0.4, -0.2) is 158 Å². The van der Waals surface area contributed by atoms with Crippen LogP contribution in [0.1, 0.15) is 176 Å². The van der Waals surface area contributed by atoms with Crippen LogP contribution in [-0.2, 0) is 52.5 Å². The molecule has 0 radical (unpaired) electrons. The number of halogens is 6. The number of hydrogen-bond donors (Lipinski definition) is 2. The maximum Gasteiger partial charge on any atom is 0.411 e. The summed E-state index contributed by atoms with van der Waals surface area (Å²) in [6.45, 7) is 25.9. The average Bonchev–Trinajstić information content (AvgIpc) is 0.718. The lowest BCUT2D eigenvalue weighted by molar-refractivity contribution is -0.288. The number of nitrogens with one attached hydrogen (secondary N) is 2. The third-order valence-electron chi connectivity index (χ3n) is 16.7. The summed E-state index contributed by atoms with van der Waals surface area (Å²) in [4.78, 5) is 70.3. The van der Waals surface area contributed by atoms with Crippen LogP contribution >= 0.6 is 0 Å². The summed E-state index contributed by atoms with van der Waals surface area (Å²) in [6, 6.07) is 19.9. The third-order valence-corrected chi connectivity index (χ3v) is 21.8. The zero-order valence-corrected chi connectivity index (χ0v) is 66.6. The Labute approximate surface area is 627 Å². The predicted octanol–water partition coefficient (Wildman–Crippen LogP) is 15.0. The van der Waals surface area contributed by atoms with Gasteiger partial charge in [0.2, 0.25) is 11.3 Å². The molecule has 0 heterocycles. The zero-order valence-electron chi connectivity index (χ0n) is 64.6. The molecule has 6 atom stereocenters. The summed E-state index contributed by atoms with van der Waals surface area (Å²) in [5.74, 6) is -2.01. The molecule has 0 aromatic heterocycles. The number of carbonyl (C=O) groups is 6. The van der Waals surface area contributed by atoms with E-state index in [0.29, 0.717) is 50.6 Å². The molecule has 6 unspecified atom stereocenters. The molecule has 2 rings (SSSR count). The highest BCUT2D eigenvalue weighted by Crippen LogP contribution is 2.56. The van der Waals surface area contributed by atoms with E-state index in [2.05, 4.69) is 73.6 Å². The van der Waals surface area contributed by atoms with Gasteiger partial charge in [0.15, 0.2) is 49.9 Å². The topological polar surface area (TPSA) is 399 Å². The molecule has 0 aliphatic heterocycles. The number of azo groups is 3. The number of ether oxygens (including phenoxy) is 4. The summed E-state index contributed by atoms with van der Waals surface area (Å²) >= 11 is 0. The number of benzene rings is 2. The van der Waals surface area contributed by atoms with E-state index in [1.54, 1.807) is 34.8 Å². The van der Waals surface area contributed by atoms with Gasteiger partial charge in [0, 0.05) is 72.0 Å². The van der Waals surface area contributed by atoms with Crippen molar-refractivity contribution in [3.05, 3.63) is 59.7 Å². The Balaban J connectivity index is 0.00000161. The number of nitrogens with zero attached hydrogens (tertiary/aromatic N) is 12. The van der Waals surface area contributed by atoms with Crippen molar-refractivity contribution in [3.8, 4) is 47.9 Å². The number of hydrogen-bond acceptors (Lipinski definition) is 25. The Morgan fingerprint density at radius 3 is 1.11 bits per heavy atom. The first kappa shape index (κ1) is 98.3. The predicted molar refractivity (Wildman–Crippen MR) is 389 cm³/mol. The smallest absolute Gasteiger partial charge is 0.411 e. The fourth-order valence-electron chi connectivity index (χ4n) is 9.40. The molecule has 0 fully saturated rings. The van der Waals surface area contributed by atoms with Crippen molar-refractivity contribution in [3.63, 3.8) is 0 Å². The number of rotatable bonds is 46. The van der Waals surface area contributed by atoms with Crippen molar-refractivity contribution < 1.29 is 82.9 Å². The van der Waals surface area contributed by atoms with Gasteiger partial charge in [0.25, 0.3) is 0 Å². The number of Topliss-reactive ketones (excluding diaryl/α,β-unsaturated/α-hetero) is 3. The Morgan fingerprint density at radius 2 is 0.776 bits per heavy atom. The highest BCUT2D eigenvalue weighted by Gasteiger charge is 2.72. The number of amides is 1. The lowest BCUT2D eigenvalue weighted by atomic mass is 9.73. The molecule has 34 heteroatoms. The van der Waals surface area contributed by atoms with E-state index in [1.165, 1.54) is 41.7 Å². The number of nitriles is 6. The highest BCUT2D eigenvalue weighted by atomic mass is 28.4. The monoisotopic (exact) mass is 1540 g/mol. The van der Waals surface area contributed by atoms with Gasteiger partial charge in [-0.05, 0) is 214 Å². The fraction of sp³-hybridized carbons (Fsp3) is 0.671. The van der Waals surface area contributed by atoms with Gasteiger partial charge in [0.05, 0.1) is 50.1 Å². The van der Waals surface area contributed by atoms with Gasteiger partial charge >= 0.3 is 24.3 Å². The number of carbonyl (C=O) groups excluding carboxylic acids is 6. The largest absolute Gasteiger partial charge is 0.497 e. The van der Waals surface area contributed by atoms with Crippen molar-refractivity contribution in [1.29, 1.82) is 31.6 Å². The Morgan fingerprint density at radius 1 is 0.439 bits per heavy atom. The lowest BCUT2D eigenvalue weighted by Gasteiger charge is -2.38. The normalized spacial score (nSPS) is 15.3. The zero-order chi connectivity index (χ0) is 82.0. The molecule has 0 spiro atoms. The highest BCUT2D eigenvalue weighted by molar-refractivity contribution is 6.71. The van der Waals surface area contributed by atoms with Crippen LogP contribution in [0.15, 0.2) is 79.2 Å². The van der Waals surface area contributed by atoms with Gasteiger partial charge < -0.3 is 52.8 Å². The summed E-state index contributed by atoms with van der Waals surface area (Å²) < 4.78 is 118. The molecule has 1 amide bonds.